The molecule has 2 N–H and O–H groups in total. The summed E-state index contributed by atoms with van der Waals surface area (Å²) in [4.78, 5) is 14.0. The summed E-state index contributed by atoms with van der Waals surface area (Å²) in [5.74, 6) is -0.275. The van der Waals surface area contributed by atoms with Gasteiger partial charge < -0.3 is 15.4 Å². The van der Waals surface area contributed by atoms with Crippen molar-refractivity contribution >= 4 is 45.3 Å². The summed E-state index contributed by atoms with van der Waals surface area (Å²) in [7, 11) is 0. The Kier molecular flexibility index (Phi) is 7.22. The van der Waals surface area contributed by atoms with Crippen LogP contribution >= 0.6 is 23.6 Å². The number of hydrogen-bond acceptors (Lipinski definition) is 5. The third-order valence-corrected chi connectivity index (χ3v) is 7.02. The first kappa shape index (κ1) is 22.5. The Morgan fingerprint density at radius 3 is 2.84 bits per heavy atom. The lowest BCUT2D eigenvalue weighted by Gasteiger charge is -2.10. The van der Waals surface area contributed by atoms with Crippen LogP contribution < -0.4 is 10.6 Å². The Labute approximate surface area is 198 Å². The number of carbonyl (C=O) groups excluding carboxylic acids is 1. The Hall–Kier alpha value is -2.71. The predicted octanol–water partition coefficient (Wildman–Crippen LogP) is 5.56. The highest BCUT2D eigenvalue weighted by molar-refractivity contribution is 7.80. The van der Waals surface area contributed by atoms with Crippen LogP contribution in [-0.4, -0.2) is 27.5 Å². The number of carbonyl (C=O) groups is 1. The summed E-state index contributed by atoms with van der Waals surface area (Å²) in [5.41, 5.74) is 5.03. The van der Waals surface area contributed by atoms with Crippen molar-refractivity contribution in [1.82, 2.24) is 9.78 Å². The van der Waals surface area contributed by atoms with Gasteiger partial charge in [-0.25, -0.2) is 4.79 Å². The quantitative estimate of drug-likeness (QED) is 0.281. The molecule has 0 amide bonds. The molecular formula is C24H28N4O2S2. The summed E-state index contributed by atoms with van der Waals surface area (Å²) in [5, 5.41) is 12.1. The maximum Gasteiger partial charge on any atom is 0.341 e. The maximum atomic E-state index is 12.7. The highest BCUT2D eigenvalue weighted by Crippen LogP contribution is 2.38. The Bertz CT molecular complexity index is 1120. The molecule has 1 aliphatic carbocycles. The molecule has 0 saturated carbocycles. The Morgan fingerprint density at radius 2 is 2.03 bits per heavy atom. The molecule has 0 unspecified atom stereocenters. The van der Waals surface area contributed by atoms with E-state index in [1.165, 1.54) is 22.4 Å². The number of nitrogens with zero attached hydrogens (tertiary/aromatic N) is 2. The lowest BCUT2D eigenvalue weighted by Crippen LogP contribution is -2.20. The first-order valence-corrected chi connectivity index (χ1v) is 12.2. The fourth-order valence-electron chi connectivity index (χ4n) is 3.99. The van der Waals surface area contributed by atoms with Gasteiger partial charge in [-0.2, -0.15) is 5.10 Å². The summed E-state index contributed by atoms with van der Waals surface area (Å²) >= 11 is 7.17. The number of thiophene rings is 1. The number of benzene rings is 1. The molecule has 0 aliphatic heterocycles. The van der Waals surface area contributed by atoms with Crippen LogP contribution in [0.1, 0.15) is 58.1 Å². The zero-order valence-electron chi connectivity index (χ0n) is 18.4. The van der Waals surface area contributed by atoms with Crippen molar-refractivity contribution in [3.8, 4) is 0 Å². The van der Waals surface area contributed by atoms with Gasteiger partial charge in [-0.3, -0.25) is 4.68 Å². The fraction of sp³-hybridized carbons (Fsp3) is 0.375. The first-order valence-electron chi connectivity index (χ1n) is 11.0. The van der Waals surface area contributed by atoms with E-state index in [0.717, 1.165) is 41.9 Å². The summed E-state index contributed by atoms with van der Waals surface area (Å²) in [6, 6.07) is 8.27. The van der Waals surface area contributed by atoms with Crippen LogP contribution in [-0.2, 0) is 24.1 Å². The summed E-state index contributed by atoms with van der Waals surface area (Å²) < 4.78 is 7.23. The van der Waals surface area contributed by atoms with Crippen LogP contribution in [0.2, 0.25) is 0 Å². The molecule has 1 aromatic carbocycles. The lowest BCUT2D eigenvalue weighted by molar-refractivity contribution is 0.0527. The van der Waals surface area contributed by atoms with Crippen LogP contribution in [0.25, 0.3) is 0 Å². The van der Waals surface area contributed by atoms with Gasteiger partial charge in [0.25, 0.3) is 0 Å². The number of esters is 1. The first-order chi connectivity index (χ1) is 15.5. The highest BCUT2D eigenvalue weighted by atomic mass is 32.1. The number of aromatic nitrogens is 2. The van der Waals surface area contributed by atoms with Gasteiger partial charge in [0.15, 0.2) is 5.11 Å². The second kappa shape index (κ2) is 10.3. The zero-order chi connectivity index (χ0) is 22.5. The Balaban J connectivity index is 1.47. The number of thiocarbonyl (C=S) groups is 1. The van der Waals surface area contributed by atoms with Gasteiger partial charge >= 0.3 is 5.97 Å². The smallest absolute Gasteiger partial charge is 0.341 e. The van der Waals surface area contributed by atoms with E-state index in [1.807, 2.05) is 29.9 Å². The SMILES string of the molecule is CCOC(=O)c1c(NC(=S)Nc2cnn(Cc3ccccc3C)c2)sc2c1CCCCC2. The largest absolute Gasteiger partial charge is 0.462 e. The molecule has 0 spiro atoms. The molecule has 0 radical (unpaired) electrons. The van der Waals surface area contributed by atoms with Crippen LogP contribution in [0, 0.1) is 6.92 Å². The van der Waals surface area contributed by atoms with Crippen molar-refractivity contribution in [3.63, 3.8) is 0 Å². The maximum absolute atomic E-state index is 12.7. The van der Waals surface area contributed by atoms with E-state index < -0.39 is 0 Å². The highest BCUT2D eigenvalue weighted by Gasteiger charge is 2.26. The topological polar surface area (TPSA) is 68.2 Å². The number of fused-ring (bicyclic) bond motifs is 1. The minimum absolute atomic E-state index is 0.275. The van der Waals surface area contributed by atoms with Crippen molar-refractivity contribution < 1.29 is 9.53 Å². The van der Waals surface area contributed by atoms with Crippen molar-refractivity contribution in [2.24, 2.45) is 0 Å². The standard InChI is InChI=1S/C24H28N4O2S2/c1-3-30-23(29)21-19-11-5-4-6-12-20(19)32-22(21)27-24(31)26-18-13-25-28(15-18)14-17-10-8-7-9-16(17)2/h7-10,13,15H,3-6,11-12,14H2,1-2H3,(H2,26,27,31). The number of ether oxygens (including phenoxy) is 1. The third kappa shape index (κ3) is 5.19. The van der Waals surface area contributed by atoms with Crippen molar-refractivity contribution in [2.45, 2.75) is 52.5 Å². The Morgan fingerprint density at radius 1 is 1.22 bits per heavy atom. The van der Waals surface area contributed by atoms with Gasteiger partial charge in [-0.1, -0.05) is 30.7 Å². The van der Waals surface area contributed by atoms with Gasteiger partial charge in [0.2, 0.25) is 0 Å². The second-order valence-electron chi connectivity index (χ2n) is 7.92. The molecule has 0 atom stereocenters. The average Bonchev–Trinajstić information content (AvgIpc) is 3.26. The van der Waals surface area contributed by atoms with Gasteiger partial charge in [-0.15, -0.1) is 11.3 Å². The molecule has 0 fully saturated rings. The molecule has 0 bridgehead atoms. The minimum Gasteiger partial charge on any atom is -0.462 e. The van der Waals surface area contributed by atoms with E-state index in [0.29, 0.717) is 23.8 Å². The predicted molar refractivity (Wildman–Crippen MR) is 134 cm³/mol. The molecule has 32 heavy (non-hydrogen) atoms. The number of hydrogen-bond donors (Lipinski definition) is 2. The van der Waals surface area contributed by atoms with Crippen LogP contribution in [0.3, 0.4) is 0 Å². The zero-order valence-corrected chi connectivity index (χ0v) is 20.1. The fourth-order valence-corrected chi connectivity index (χ4v) is 5.56. The number of rotatable bonds is 6. The molecule has 1 aliphatic rings. The summed E-state index contributed by atoms with van der Waals surface area (Å²) in [6.45, 7) is 4.97. The van der Waals surface area contributed by atoms with E-state index in [2.05, 4.69) is 34.8 Å². The van der Waals surface area contributed by atoms with Crippen LogP contribution in [0.5, 0.6) is 0 Å². The average molecular weight is 469 g/mol. The van der Waals surface area contributed by atoms with Crippen molar-refractivity contribution in [1.29, 1.82) is 0 Å². The minimum atomic E-state index is -0.275. The molecule has 2 aromatic heterocycles. The van der Waals surface area contributed by atoms with Gasteiger partial charge in [0.05, 0.1) is 30.6 Å². The van der Waals surface area contributed by atoms with E-state index in [4.69, 9.17) is 17.0 Å². The van der Waals surface area contributed by atoms with Gasteiger partial charge in [-0.05, 0) is 68.4 Å². The monoisotopic (exact) mass is 468 g/mol. The van der Waals surface area contributed by atoms with Crippen LogP contribution in [0.15, 0.2) is 36.7 Å². The molecule has 0 saturated heterocycles. The van der Waals surface area contributed by atoms with Gasteiger partial charge in [0.1, 0.15) is 5.00 Å². The van der Waals surface area contributed by atoms with E-state index in [-0.39, 0.29) is 5.97 Å². The molecule has 4 rings (SSSR count). The third-order valence-electron chi connectivity index (χ3n) is 5.61. The van der Waals surface area contributed by atoms with E-state index in [9.17, 15) is 4.79 Å². The molecule has 6 nitrogen and oxygen atoms in total. The molecular weight excluding hydrogens is 440 g/mol. The number of anilines is 2. The molecule has 2 heterocycles. The van der Waals surface area contributed by atoms with E-state index >= 15 is 0 Å². The molecule has 168 valence electrons. The number of aryl methyl sites for hydroxylation is 2. The summed E-state index contributed by atoms with van der Waals surface area (Å²) in [6.07, 6.45) is 9.03. The number of nitrogens with one attached hydrogen (secondary N) is 2. The molecule has 8 heteroatoms. The second-order valence-corrected chi connectivity index (χ2v) is 9.43. The van der Waals surface area contributed by atoms with Crippen molar-refractivity contribution in [3.05, 3.63) is 63.8 Å². The van der Waals surface area contributed by atoms with Crippen molar-refractivity contribution in [2.75, 3.05) is 17.2 Å². The molecule has 3 aromatic rings. The van der Waals surface area contributed by atoms with Gasteiger partial charge in [0, 0.05) is 11.1 Å². The lowest BCUT2D eigenvalue weighted by atomic mass is 10.1. The normalized spacial score (nSPS) is 13.2. The van der Waals surface area contributed by atoms with E-state index in [1.54, 1.807) is 17.5 Å². The van der Waals surface area contributed by atoms with Crippen LogP contribution in [0.4, 0.5) is 10.7 Å².